The number of hydrogen-bond donors (Lipinski definition) is 1. The second-order valence-corrected chi connectivity index (χ2v) is 12.1. The van der Waals surface area contributed by atoms with Crippen LogP contribution in [-0.2, 0) is 27.2 Å². The Balaban J connectivity index is 1.40. The number of aliphatic hydroxyl groups excluding tert-OH is 1. The third kappa shape index (κ3) is 5.44. The molecule has 2 aliphatic heterocycles. The highest BCUT2D eigenvalue weighted by molar-refractivity contribution is 6.35. The van der Waals surface area contributed by atoms with Gasteiger partial charge in [-0.15, -0.1) is 0 Å². The number of benzene rings is 3. The number of hydrogen-bond acceptors (Lipinski definition) is 10. The number of esters is 1. The molecule has 3 aliphatic rings. The summed E-state index contributed by atoms with van der Waals surface area (Å²) in [6, 6.07) is 14.5. The molecule has 3 aromatic rings. The highest BCUT2D eigenvalue weighted by Gasteiger charge is 2.61. The van der Waals surface area contributed by atoms with Gasteiger partial charge in [0.15, 0.2) is 17.3 Å². The van der Waals surface area contributed by atoms with Gasteiger partial charge in [0.05, 0.1) is 41.0 Å². The van der Waals surface area contributed by atoms with Gasteiger partial charge in [-0.2, -0.15) is 0 Å². The Kier molecular flexibility index (Phi) is 8.80. The van der Waals surface area contributed by atoms with Crippen LogP contribution in [0.3, 0.4) is 0 Å². The standard InChI is InChI=1S/C36H35ClO10/c1-19-15-24(38)30(34(40)36(19)35(41)31-27(42-2)18-28(43-3)32(37)33(31)47-36)23(17-29(39)44-4)22-7-5-6-8-26(22)46-13-11-20-9-10-25-21(16-20)12-14-45-25/h5-10,16,18-19,23,40H,11-15,17H2,1-4H3/t19-,23-,36+/m1/s1. The van der Waals surface area contributed by atoms with Gasteiger partial charge in [0.2, 0.25) is 11.4 Å². The SMILES string of the molecule is COC(=O)C[C@@H](C1=C(O)[C@@]2(Oc3c(Cl)c(OC)cc(OC)c3C2=O)[C@H](C)CC1=O)c1ccccc1OCCc1ccc2c(c1)CCO2. The van der Waals surface area contributed by atoms with Gasteiger partial charge >= 0.3 is 5.97 Å². The summed E-state index contributed by atoms with van der Waals surface area (Å²) < 4.78 is 34.0. The highest BCUT2D eigenvalue weighted by Crippen LogP contribution is 2.56. The van der Waals surface area contributed by atoms with Crippen LogP contribution in [0.15, 0.2) is 59.9 Å². The van der Waals surface area contributed by atoms with Crippen LogP contribution in [-0.4, -0.2) is 62.8 Å². The van der Waals surface area contributed by atoms with Crippen molar-refractivity contribution in [2.45, 2.75) is 44.1 Å². The third-order valence-corrected chi connectivity index (χ3v) is 9.51. The van der Waals surface area contributed by atoms with Crippen molar-refractivity contribution in [3.8, 4) is 28.7 Å². The molecule has 6 rings (SSSR count). The average Bonchev–Trinajstić information content (AvgIpc) is 3.67. The van der Waals surface area contributed by atoms with Crippen molar-refractivity contribution in [1.29, 1.82) is 0 Å². The Labute approximate surface area is 277 Å². The van der Waals surface area contributed by atoms with Crippen molar-refractivity contribution < 1.29 is 47.9 Å². The lowest BCUT2D eigenvalue weighted by Gasteiger charge is -2.38. The minimum atomic E-state index is -2.00. The number of Topliss-reactive ketones (excluding diaryl/α,β-unsaturated/α-hetero) is 2. The Morgan fingerprint density at radius 3 is 2.57 bits per heavy atom. The number of halogens is 1. The van der Waals surface area contributed by atoms with Crippen molar-refractivity contribution in [2.24, 2.45) is 5.92 Å². The van der Waals surface area contributed by atoms with E-state index in [9.17, 15) is 19.5 Å². The molecule has 0 fully saturated rings. The molecule has 0 amide bonds. The van der Waals surface area contributed by atoms with E-state index in [0.717, 1.165) is 23.3 Å². The first-order chi connectivity index (χ1) is 22.6. The summed E-state index contributed by atoms with van der Waals surface area (Å²) in [5.74, 6) is -2.46. The number of aliphatic hydroxyl groups is 1. The molecule has 1 N–H and O–H groups in total. The number of ketones is 2. The maximum Gasteiger partial charge on any atom is 0.306 e. The van der Waals surface area contributed by atoms with Crippen LogP contribution in [0, 0.1) is 5.92 Å². The predicted molar refractivity (Wildman–Crippen MR) is 171 cm³/mol. The summed E-state index contributed by atoms with van der Waals surface area (Å²) >= 11 is 6.59. The van der Waals surface area contributed by atoms with Gasteiger partial charge in [-0.3, -0.25) is 14.4 Å². The van der Waals surface area contributed by atoms with Gasteiger partial charge in [0.25, 0.3) is 0 Å². The molecule has 47 heavy (non-hydrogen) atoms. The highest BCUT2D eigenvalue weighted by atomic mass is 35.5. The number of allylic oxidation sites excluding steroid dienone is 1. The molecular formula is C36H35ClO10. The lowest BCUT2D eigenvalue weighted by atomic mass is 9.69. The molecule has 0 saturated carbocycles. The Morgan fingerprint density at radius 2 is 1.83 bits per heavy atom. The molecule has 3 aromatic carbocycles. The summed E-state index contributed by atoms with van der Waals surface area (Å²) in [5, 5.41) is 12.1. The smallest absolute Gasteiger partial charge is 0.306 e. The van der Waals surface area contributed by atoms with Gasteiger partial charge in [0, 0.05) is 48.3 Å². The predicted octanol–water partition coefficient (Wildman–Crippen LogP) is 6.00. The summed E-state index contributed by atoms with van der Waals surface area (Å²) in [6.07, 6.45) is 0.997. The van der Waals surface area contributed by atoms with E-state index >= 15 is 0 Å². The van der Waals surface area contributed by atoms with E-state index in [1.54, 1.807) is 31.2 Å². The first-order valence-electron chi connectivity index (χ1n) is 15.3. The molecule has 1 aliphatic carbocycles. The van der Waals surface area contributed by atoms with Gasteiger partial charge < -0.3 is 33.5 Å². The minimum Gasteiger partial charge on any atom is -0.507 e. The molecule has 1 spiro atoms. The summed E-state index contributed by atoms with van der Waals surface area (Å²) in [4.78, 5) is 41.0. The molecule has 11 heteroatoms. The quantitative estimate of drug-likeness (QED) is 0.259. The normalized spacial score (nSPS) is 20.3. The molecular weight excluding hydrogens is 628 g/mol. The molecule has 0 aromatic heterocycles. The average molecular weight is 663 g/mol. The monoisotopic (exact) mass is 662 g/mol. The second kappa shape index (κ2) is 12.8. The fraction of sp³-hybridized carbons (Fsp3) is 0.361. The summed E-state index contributed by atoms with van der Waals surface area (Å²) in [5.41, 5.74) is 0.601. The van der Waals surface area contributed by atoms with Crippen LogP contribution >= 0.6 is 11.6 Å². The van der Waals surface area contributed by atoms with Crippen LogP contribution in [0.4, 0.5) is 0 Å². The first-order valence-corrected chi connectivity index (χ1v) is 15.7. The lowest BCUT2D eigenvalue weighted by Crippen LogP contribution is -2.53. The summed E-state index contributed by atoms with van der Waals surface area (Å²) in [6.45, 7) is 2.62. The van der Waals surface area contributed by atoms with Gasteiger partial charge in [0.1, 0.15) is 33.6 Å². The molecule has 10 nitrogen and oxygen atoms in total. The Hall–Kier alpha value is -4.70. The maximum absolute atomic E-state index is 14.3. The first kappa shape index (κ1) is 32.2. The molecule has 246 valence electrons. The zero-order valence-corrected chi connectivity index (χ0v) is 27.3. The van der Waals surface area contributed by atoms with E-state index in [0.29, 0.717) is 30.9 Å². The fourth-order valence-electron chi connectivity index (χ4n) is 6.73. The van der Waals surface area contributed by atoms with E-state index in [2.05, 4.69) is 6.07 Å². The number of para-hydroxylation sites is 1. The van der Waals surface area contributed by atoms with Crippen molar-refractivity contribution in [3.63, 3.8) is 0 Å². The van der Waals surface area contributed by atoms with Crippen molar-refractivity contribution in [3.05, 3.63) is 87.1 Å². The van der Waals surface area contributed by atoms with Crippen molar-refractivity contribution in [2.75, 3.05) is 34.5 Å². The molecule has 0 radical (unpaired) electrons. The number of rotatable bonds is 10. The number of carbonyl (C=O) groups excluding carboxylic acids is 3. The number of ether oxygens (including phenoxy) is 6. The van der Waals surface area contributed by atoms with Gasteiger partial charge in [-0.1, -0.05) is 48.9 Å². The van der Waals surface area contributed by atoms with E-state index in [4.69, 9.17) is 40.0 Å². The van der Waals surface area contributed by atoms with E-state index in [1.165, 1.54) is 27.4 Å². The van der Waals surface area contributed by atoms with Crippen LogP contribution < -0.4 is 23.7 Å². The van der Waals surface area contributed by atoms with E-state index in [-0.39, 0.29) is 46.2 Å². The van der Waals surface area contributed by atoms with Crippen molar-refractivity contribution in [1.82, 2.24) is 0 Å². The van der Waals surface area contributed by atoms with E-state index < -0.39 is 40.7 Å². The lowest BCUT2D eigenvalue weighted by molar-refractivity contribution is -0.140. The molecule has 0 bridgehead atoms. The second-order valence-electron chi connectivity index (χ2n) is 11.8. The summed E-state index contributed by atoms with van der Waals surface area (Å²) in [7, 11) is 4.04. The zero-order chi connectivity index (χ0) is 33.5. The number of methoxy groups -OCH3 is 3. The van der Waals surface area contributed by atoms with Gasteiger partial charge in [-0.05, 0) is 23.3 Å². The third-order valence-electron chi connectivity index (χ3n) is 9.15. The van der Waals surface area contributed by atoms with E-state index in [1.807, 2.05) is 12.1 Å². The van der Waals surface area contributed by atoms with Crippen LogP contribution in [0.5, 0.6) is 28.7 Å². The number of carbonyl (C=O) groups is 3. The minimum absolute atomic E-state index is 0.0210. The largest absolute Gasteiger partial charge is 0.507 e. The Bertz CT molecular complexity index is 1800. The van der Waals surface area contributed by atoms with Crippen LogP contribution in [0.2, 0.25) is 5.02 Å². The molecule has 2 heterocycles. The maximum atomic E-state index is 14.3. The molecule has 0 saturated heterocycles. The fourth-order valence-corrected chi connectivity index (χ4v) is 6.99. The van der Waals surface area contributed by atoms with Crippen LogP contribution in [0.25, 0.3) is 0 Å². The number of fused-ring (bicyclic) bond motifs is 2. The van der Waals surface area contributed by atoms with Crippen LogP contribution in [0.1, 0.15) is 52.7 Å². The zero-order valence-electron chi connectivity index (χ0n) is 26.5. The molecule has 0 unspecified atom stereocenters. The van der Waals surface area contributed by atoms with Crippen molar-refractivity contribution >= 4 is 29.1 Å². The molecule has 3 atom stereocenters. The Morgan fingerprint density at radius 1 is 1.06 bits per heavy atom. The topological polar surface area (TPSA) is 127 Å². The van der Waals surface area contributed by atoms with Gasteiger partial charge in [-0.25, -0.2) is 0 Å².